The van der Waals surface area contributed by atoms with Crippen molar-refractivity contribution in [3.8, 4) is 5.75 Å². The van der Waals surface area contributed by atoms with Crippen molar-refractivity contribution >= 4 is 38.3 Å². The number of methoxy groups -OCH3 is 1. The maximum Gasteiger partial charge on any atom is 0.264 e. The van der Waals surface area contributed by atoms with Gasteiger partial charge in [0.05, 0.1) is 17.6 Å². The van der Waals surface area contributed by atoms with Gasteiger partial charge in [-0.2, -0.15) is 0 Å². The molecule has 0 saturated carbocycles. The maximum absolute atomic E-state index is 12.9. The molecule has 0 bridgehead atoms. The third-order valence-corrected chi connectivity index (χ3v) is 6.10. The Bertz CT molecular complexity index is 1400. The van der Waals surface area contributed by atoms with Gasteiger partial charge in [0.1, 0.15) is 5.75 Å². The van der Waals surface area contributed by atoms with Gasteiger partial charge in [-0.1, -0.05) is 24.3 Å². The number of aryl methyl sites for hydroxylation is 1. The van der Waals surface area contributed by atoms with E-state index in [2.05, 4.69) is 20.0 Å². The van der Waals surface area contributed by atoms with Crippen LogP contribution in [0.4, 0.5) is 11.6 Å². The van der Waals surface area contributed by atoms with Crippen molar-refractivity contribution in [3.05, 3.63) is 84.2 Å². The number of nitrogens with zero attached hydrogens (tertiary/aromatic N) is 2. The summed E-state index contributed by atoms with van der Waals surface area (Å²) in [6.45, 7) is 1.74. The highest BCUT2D eigenvalue weighted by atomic mass is 32.2. The second kappa shape index (κ2) is 8.64. The average molecular weight is 449 g/mol. The van der Waals surface area contributed by atoms with Crippen LogP contribution in [0.2, 0.25) is 0 Å². The molecule has 0 unspecified atom stereocenters. The molecule has 4 rings (SSSR count). The first-order valence-corrected chi connectivity index (χ1v) is 11.1. The van der Waals surface area contributed by atoms with Gasteiger partial charge in [0, 0.05) is 17.6 Å². The Morgan fingerprint density at radius 2 is 1.66 bits per heavy atom. The number of carbonyl (C=O) groups is 1. The summed E-state index contributed by atoms with van der Waals surface area (Å²) in [4.78, 5) is 20.8. The van der Waals surface area contributed by atoms with Crippen LogP contribution in [0.3, 0.4) is 0 Å². The number of nitrogens with one attached hydrogen (secondary N) is 2. The Morgan fingerprint density at radius 1 is 0.969 bits per heavy atom. The minimum Gasteiger partial charge on any atom is -0.496 e. The van der Waals surface area contributed by atoms with E-state index in [1.807, 2.05) is 24.3 Å². The van der Waals surface area contributed by atoms with Crippen LogP contribution in [0.25, 0.3) is 10.8 Å². The molecular formula is C23H20N4O4S. The Hall–Kier alpha value is -3.98. The van der Waals surface area contributed by atoms with Crippen molar-refractivity contribution in [2.75, 3.05) is 17.1 Å². The predicted octanol–water partition coefficient (Wildman–Crippen LogP) is 4.00. The molecule has 9 heteroatoms. The first-order valence-electron chi connectivity index (χ1n) is 9.66. The molecule has 32 heavy (non-hydrogen) atoms. The number of hydrogen-bond acceptors (Lipinski definition) is 6. The minimum absolute atomic E-state index is 0.00854. The fourth-order valence-electron chi connectivity index (χ4n) is 3.16. The van der Waals surface area contributed by atoms with E-state index in [0.29, 0.717) is 22.7 Å². The molecule has 0 fully saturated rings. The van der Waals surface area contributed by atoms with E-state index in [9.17, 15) is 13.2 Å². The molecule has 0 spiro atoms. The molecule has 8 nitrogen and oxygen atoms in total. The van der Waals surface area contributed by atoms with Crippen LogP contribution in [0.1, 0.15) is 16.1 Å². The van der Waals surface area contributed by atoms with Gasteiger partial charge < -0.3 is 10.1 Å². The van der Waals surface area contributed by atoms with Gasteiger partial charge in [0.2, 0.25) is 5.95 Å². The molecule has 3 aromatic carbocycles. The normalized spacial score (nSPS) is 11.2. The number of aromatic nitrogens is 2. The van der Waals surface area contributed by atoms with Crippen molar-refractivity contribution in [1.82, 2.24) is 9.97 Å². The predicted molar refractivity (Wildman–Crippen MR) is 122 cm³/mol. The number of sulfonamides is 1. The van der Waals surface area contributed by atoms with Gasteiger partial charge in [-0.15, -0.1) is 0 Å². The highest BCUT2D eigenvalue weighted by Crippen LogP contribution is 2.27. The zero-order valence-electron chi connectivity index (χ0n) is 17.4. The highest BCUT2D eigenvalue weighted by Gasteiger charge is 2.17. The molecule has 2 N–H and O–H groups in total. The van der Waals surface area contributed by atoms with Crippen LogP contribution < -0.4 is 14.8 Å². The van der Waals surface area contributed by atoms with E-state index in [-0.39, 0.29) is 16.8 Å². The van der Waals surface area contributed by atoms with Crippen LogP contribution in [-0.4, -0.2) is 31.4 Å². The molecule has 1 heterocycles. The molecule has 0 atom stereocenters. The second-order valence-electron chi connectivity index (χ2n) is 7.01. The summed E-state index contributed by atoms with van der Waals surface area (Å²) in [5.74, 6) is 0.0722. The first kappa shape index (κ1) is 21.3. The fraction of sp³-hybridized carbons (Fsp3) is 0.0870. The van der Waals surface area contributed by atoms with Gasteiger partial charge in [0.15, 0.2) is 0 Å². The van der Waals surface area contributed by atoms with Crippen LogP contribution in [-0.2, 0) is 10.0 Å². The third kappa shape index (κ3) is 4.52. The average Bonchev–Trinajstić information content (AvgIpc) is 2.78. The topological polar surface area (TPSA) is 110 Å². The van der Waals surface area contributed by atoms with Crippen molar-refractivity contribution in [3.63, 3.8) is 0 Å². The molecule has 4 aromatic rings. The van der Waals surface area contributed by atoms with Crippen LogP contribution >= 0.6 is 0 Å². The fourth-order valence-corrected chi connectivity index (χ4v) is 4.11. The number of carbonyl (C=O) groups excluding carboxylic acids is 1. The Labute approximate surface area is 185 Å². The smallest absolute Gasteiger partial charge is 0.264 e. The molecule has 0 aliphatic heterocycles. The van der Waals surface area contributed by atoms with Gasteiger partial charge in [-0.25, -0.2) is 23.1 Å². The summed E-state index contributed by atoms with van der Waals surface area (Å²) in [6, 6.07) is 18.7. The number of ether oxygens (including phenoxy) is 1. The molecule has 0 aliphatic rings. The monoisotopic (exact) mass is 448 g/mol. The van der Waals surface area contributed by atoms with Crippen LogP contribution in [0.5, 0.6) is 5.75 Å². The number of benzene rings is 3. The van der Waals surface area contributed by atoms with Crippen LogP contribution in [0, 0.1) is 6.92 Å². The number of fused-ring (bicyclic) bond motifs is 1. The summed E-state index contributed by atoms with van der Waals surface area (Å²) < 4.78 is 32.9. The van der Waals surface area contributed by atoms with Crippen molar-refractivity contribution in [1.29, 1.82) is 0 Å². The van der Waals surface area contributed by atoms with Gasteiger partial charge in [-0.05, 0) is 60.2 Å². The lowest BCUT2D eigenvalue weighted by Crippen LogP contribution is -2.16. The van der Waals surface area contributed by atoms with Crippen molar-refractivity contribution < 1.29 is 17.9 Å². The number of anilines is 2. The molecular weight excluding hydrogens is 428 g/mol. The zero-order valence-corrected chi connectivity index (χ0v) is 18.2. The zero-order chi connectivity index (χ0) is 22.7. The van der Waals surface area contributed by atoms with E-state index in [4.69, 9.17) is 4.74 Å². The summed E-state index contributed by atoms with van der Waals surface area (Å²) in [5, 5.41) is 4.64. The van der Waals surface area contributed by atoms with Gasteiger partial charge in [0.25, 0.3) is 15.9 Å². The Kier molecular flexibility index (Phi) is 5.74. The maximum atomic E-state index is 12.9. The largest absolute Gasteiger partial charge is 0.496 e. The van der Waals surface area contributed by atoms with Crippen molar-refractivity contribution in [2.24, 2.45) is 0 Å². The van der Waals surface area contributed by atoms with Crippen molar-refractivity contribution in [2.45, 2.75) is 11.8 Å². The Morgan fingerprint density at radius 3 is 2.31 bits per heavy atom. The first-order chi connectivity index (χ1) is 15.4. The lowest BCUT2D eigenvalue weighted by atomic mass is 10.1. The van der Waals surface area contributed by atoms with Gasteiger partial charge >= 0.3 is 0 Å². The van der Waals surface area contributed by atoms with Gasteiger partial charge in [-0.3, -0.25) is 4.79 Å². The second-order valence-corrected chi connectivity index (χ2v) is 8.69. The molecule has 0 saturated heterocycles. The Balaban J connectivity index is 1.54. The minimum atomic E-state index is -3.87. The standard InChI is InChI=1S/C23H20N4O4S/c1-15-11-12-24-23(25-15)27-32(29,30)19-9-7-18(8-10-19)26-22(28)20-13-16-5-3-4-6-17(16)14-21(20)31-2/h3-14H,1-2H3,(H,26,28)(H,24,25,27). The summed E-state index contributed by atoms with van der Waals surface area (Å²) in [5.41, 5.74) is 1.46. The summed E-state index contributed by atoms with van der Waals surface area (Å²) in [7, 11) is -2.36. The molecule has 1 aromatic heterocycles. The lowest BCUT2D eigenvalue weighted by molar-refractivity contribution is 0.102. The molecule has 1 amide bonds. The quantitative estimate of drug-likeness (QED) is 0.461. The van der Waals surface area contributed by atoms with E-state index >= 15 is 0 Å². The van der Waals surface area contributed by atoms with E-state index < -0.39 is 10.0 Å². The SMILES string of the molecule is COc1cc2ccccc2cc1C(=O)Nc1ccc(S(=O)(=O)Nc2nccc(C)n2)cc1. The third-order valence-electron chi connectivity index (χ3n) is 4.76. The van der Waals surface area contributed by atoms with E-state index in [0.717, 1.165) is 10.8 Å². The molecule has 0 radical (unpaired) electrons. The lowest BCUT2D eigenvalue weighted by Gasteiger charge is -2.12. The van der Waals surface area contributed by atoms with Crippen LogP contribution in [0.15, 0.2) is 77.8 Å². The molecule has 162 valence electrons. The summed E-state index contributed by atoms with van der Waals surface area (Å²) in [6.07, 6.45) is 1.47. The van der Waals surface area contributed by atoms with E-state index in [1.165, 1.54) is 37.6 Å². The number of amides is 1. The van der Waals surface area contributed by atoms with E-state index in [1.54, 1.807) is 25.1 Å². The summed E-state index contributed by atoms with van der Waals surface area (Å²) >= 11 is 0. The highest BCUT2D eigenvalue weighted by molar-refractivity contribution is 7.92. The number of hydrogen-bond donors (Lipinski definition) is 2. The number of rotatable bonds is 6. The molecule has 0 aliphatic carbocycles.